The van der Waals surface area contributed by atoms with Crippen LogP contribution in [0.1, 0.15) is 22.3 Å². The molecule has 0 radical (unpaired) electrons. The average Bonchev–Trinajstić information content (AvgIpc) is 2.90. The third-order valence-corrected chi connectivity index (χ3v) is 3.96. The molecule has 2 aromatic heterocycles. The predicted octanol–water partition coefficient (Wildman–Crippen LogP) is 3.24. The van der Waals surface area contributed by atoms with Gasteiger partial charge in [0, 0.05) is 35.1 Å². The number of nitrogens with zero attached hydrogens (tertiary/aromatic N) is 2. The molecule has 2 N–H and O–H groups in total. The standard InChI is InChI=1S/C15H15N3S/c1-10-8-12(11-4-2-3-5-14(11)18-10)13(16)9-15-17-6-7-19-15/h2-8,13H,9,16H2,1H3. The van der Waals surface area contributed by atoms with Gasteiger partial charge in [0.25, 0.3) is 0 Å². The topological polar surface area (TPSA) is 51.8 Å². The Balaban J connectivity index is 2.03. The van der Waals surface area contributed by atoms with Crippen molar-refractivity contribution in [1.82, 2.24) is 9.97 Å². The molecule has 0 aliphatic rings. The van der Waals surface area contributed by atoms with Gasteiger partial charge in [0.15, 0.2) is 0 Å². The van der Waals surface area contributed by atoms with Crippen molar-refractivity contribution >= 4 is 22.2 Å². The molecule has 1 atom stereocenters. The maximum absolute atomic E-state index is 6.36. The third kappa shape index (κ3) is 2.50. The number of fused-ring (bicyclic) bond motifs is 1. The van der Waals surface area contributed by atoms with Crippen molar-refractivity contribution in [3.05, 3.63) is 58.2 Å². The molecule has 0 aliphatic heterocycles. The summed E-state index contributed by atoms with van der Waals surface area (Å²) < 4.78 is 0. The Morgan fingerprint density at radius 1 is 1.32 bits per heavy atom. The molecule has 2 heterocycles. The van der Waals surface area contributed by atoms with Gasteiger partial charge >= 0.3 is 0 Å². The van der Waals surface area contributed by atoms with Crippen LogP contribution in [0.15, 0.2) is 41.9 Å². The molecule has 0 saturated carbocycles. The summed E-state index contributed by atoms with van der Waals surface area (Å²) in [5.74, 6) is 0. The molecule has 0 fully saturated rings. The van der Waals surface area contributed by atoms with Crippen LogP contribution in [0.25, 0.3) is 10.9 Å². The van der Waals surface area contributed by atoms with Crippen LogP contribution in [0.3, 0.4) is 0 Å². The fourth-order valence-corrected chi connectivity index (χ4v) is 2.98. The van der Waals surface area contributed by atoms with Crippen LogP contribution in [-0.2, 0) is 6.42 Å². The number of nitrogens with two attached hydrogens (primary N) is 1. The van der Waals surface area contributed by atoms with Crippen LogP contribution >= 0.6 is 11.3 Å². The smallest absolute Gasteiger partial charge is 0.0943 e. The summed E-state index contributed by atoms with van der Waals surface area (Å²) in [6, 6.07) is 10.2. The van der Waals surface area contributed by atoms with E-state index in [0.29, 0.717) is 0 Å². The van der Waals surface area contributed by atoms with Crippen molar-refractivity contribution in [1.29, 1.82) is 0 Å². The van der Waals surface area contributed by atoms with Crippen molar-refractivity contribution in [2.24, 2.45) is 5.73 Å². The first-order valence-electron chi connectivity index (χ1n) is 6.24. The van der Waals surface area contributed by atoms with Crippen molar-refractivity contribution in [2.45, 2.75) is 19.4 Å². The Kier molecular flexibility index (Phi) is 3.27. The molecule has 0 spiro atoms. The van der Waals surface area contributed by atoms with Crippen LogP contribution < -0.4 is 5.73 Å². The van der Waals surface area contributed by atoms with Gasteiger partial charge in [-0.3, -0.25) is 4.98 Å². The zero-order chi connectivity index (χ0) is 13.2. The molecule has 0 bridgehead atoms. The Hall–Kier alpha value is -1.78. The summed E-state index contributed by atoms with van der Waals surface area (Å²) in [5, 5.41) is 4.20. The normalized spacial score (nSPS) is 12.7. The largest absolute Gasteiger partial charge is 0.324 e. The molecule has 0 amide bonds. The second-order valence-corrected chi connectivity index (χ2v) is 5.59. The lowest BCUT2D eigenvalue weighted by atomic mass is 9.99. The second-order valence-electron chi connectivity index (χ2n) is 4.61. The van der Waals surface area contributed by atoms with Gasteiger partial charge in [-0.2, -0.15) is 0 Å². The Bertz CT molecular complexity index is 692. The van der Waals surface area contributed by atoms with Gasteiger partial charge in [-0.15, -0.1) is 11.3 Å². The van der Waals surface area contributed by atoms with Gasteiger partial charge < -0.3 is 5.73 Å². The molecular formula is C15H15N3S. The van der Waals surface area contributed by atoms with Crippen molar-refractivity contribution in [2.75, 3.05) is 0 Å². The number of aryl methyl sites for hydroxylation is 1. The lowest BCUT2D eigenvalue weighted by Crippen LogP contribution is -2.14. The zero-order valence-electron chi connectivity index (χ0n) is 10.7. The first kappa shape index (κ1) is 12.3. The quantitative estimate of drug-likeness (QED) is 0.794. The third-order valence-electron chi connectivity index (χ3n) is 3.15. The first-order valence-corrected chi connectivity index (χ1v) is 7.12. The van der Waals surface area contributed by atoms with E-state index < -0.39 is 0 Å². The number of pyridine rings is 1. The van der Waals surface area contributed by atoms with Crippen molar-refractivity contribution in [3.63, 3.8) is 0 Å². The number of para-hydroxylation sites is 1. The first-order chi connectivity index (χ1) is 9.24. The van der Waals surface area contributed by atoms with Crippen LogP contribution in [0.4, 0.5) is 0 Å². The Labute approximate surface area is 116 Å². The summed E-state index contributed by atoms with van der Waals surface area (Å²) in [7, 11) is 0. The second kappa shape index (κ2) is 5.07. The SMILES string of the molecule is Cc1cc(C(N)Cc2nccs2)c2ccccc2n1. The van der Waals surface area contributed by atoms with E-state index in [1.54, 1.807) is 11.3 Å². The number of hydrogen-bond acceptors (Lipinski definition) is 4. The van der Waals surface area contributed by atoms with Gasteiger partial charge in [0.05, 0.1) is 10.5 Å². The van der Waals surface area contributed by atoms with E-state index in [9.17, 15) is 0 Å². The van der Waals surface area contributed by atoms with Crippen molar-refractivity contribution < 1.29 is 0 Å². The van der Waals surface area contributed by atoms with Gasteiger partial charge in [-0.05, 0) is 24.6 Å². The molecule has 1 unspecified atom stereocenters. The maximum atomic E-state index is 6.36. The highest BCUT2D eigenvalue weighted by atomic mass is 32.1. The highest BCUT2D eigenvalue weighted by Crippen LogP contribution is 2.25. The van der Waals surface area contributed by atoms with E-state index in [4.69, 9.17) is 5.73 Å². The summed E-state index contributed by atoms with van der Waals surface area (Å²) in [4.78, 5) is 8.85. The fraction of sp³-hybridized carbons (Fsp3) is 0.200. The predicted molar refractivity (Wildman–Crippen MR) is 79.2 cm³/mol. The number of aromatic nitrogens is 2. The number of thiazole rings is 1. The molecule has 3 rings (SSSR count). The van der Waals surface area contributed by atoms with E-state index in [1.807, 2.05) is 36.7 Å². The van der Waals surface area contributed by atoms with E-state index in [1.165, 1.54) is 0 Å². The minimum Gasteiger partial charge on any atom is -0.324 e. The Morgan fingerprint density at radius 2 is 2.16 bits per heavy atom. The van der Waals surface area contributed by atoms with E-state index in [2.05, 4.69) is 22.1 Å². The van der Waals surface area contributed by atoms with E-state index in [0.717, 1.165) is 33.6 Å². The molecule has 4 heteroatoms. The molecular weight excluding hydrogens is 254 g/mol. The molecule has 19 heavy (non-hydrogen) atoms. The van der Waals surface area contributed by atoms with Crippen LogP contribution in [0, 0.1) is 6.92 Å². The monoisotopic (exact) mass is 269 g/mol. The minimum atomic E-state index is -0.0438. The zero-order valence-corrected chi connectivity index (χ0v) is 11.5. The average molecular weight is 269 g/mol. The lowest BCUT2D eigenvalue weighted by Gasteiger charge is -2.14. The summed E-state index contributed by atoms with van der Waals surface area (Å²) in [6.45, 7) is 2.01. The minimum absolute atomic E-state index is 0.0438. The highest BCUT2D eigenvalue weighted by Gasteiger charge is 2.13. The fourth-order valence-electron chi connectivity index (χ4n) is 2.30. The van der Waals surface area contributed by atoms with E-state index >= 15 is 0 Å². The number of benzene rings is 1. The maximum Gasteiger partial charge on any atom is 0.0943 e. The molecule has 96 valence electrons. The number of rotatable bonds is 3. The summed E-state index contributed by atoms with van der Waals surface area (Å²) in [5.41, 5.74) is 9.52. The van der Waals surface area contributed by atoms with Gasteiger partial charge in [0.2, 0.25) is 0 Å². The van der Waals surface area contributed by atoms with Gasteiger partial charge in [0.1, 0.15) is 0 Å². The molecule has 0 aliphatic carbocycles. The summed E-state index contributed by atoms with van der Waals surface area (Å²) >= 11 is 1.65. The summed E-state index contributed by atoms with van der Waals surface area (Å²) in [6.07, 6.45) is 2.59. The number of hydrogen-bond donors (Lipinski definition) is 1. The van der Waals surface area contributed by atoms with Crippen LogP contribution in [-0.4, -0.2) is 9.97 Å². The molecule has 3 nitrogen and oxygen atoms in total. The van der Waals surface area contributed by atoms with Gasteiger partial charge in [-0.1, -0.05) is 18.2 Å². The molecule has 3 aromatic rings. The molecule has 0 saturated heterocycles. The molecule has 1 aromatic carbocycles. The Morgan fingerprint density at radius 3 is 2.95 bits per heavy atom. The van der Waals surface area contributed by atoms with Crippen LogP contribution in [0.5, 0.6) is 0 Å². The van der Waals surface area contributed by atoms with Crippen molar-refractivity contribution in [3.8, 4) is 0 Å². The van der Waals surface area contributed by atoms with Crippen LogP contribution in [0.2, 0.25) is 0 Å². The highest BCUT2D eigenvalue weighted by molar-refractivity contribution is 7.09. The lowest BCUT2D eigenvalue weighted by molar-refractivity contribution is 0.722. The van der Waals surface area contributed by atoms with Gasteiger partial charge in [-0.25, -0.2) is 4.98 Å². The van der Waals surface area contributed by atoms with E-state index in [-0.39, 0.29) is 6.04 Å².